The van der Waals surface area contributed by atoms with Gasteiger partial charge in [-0.15, -0.1) is 0 Å². The van der Waals surface area contributed by atoms with Crippen molar-refractivity contribution in [1.82, 2.24) is 4.98 Å². The molecule has 2 heterocycles. The molecule has 3 heteroatoms. The first kappa shape index (κ1) is 14.2. The lowest BCUT2D eigenvalue weighted by Crippen LogP contribution is -2.40. The van der Waals surface area contributed by atoms with Crippen molar-refractivity contribution < 1.29 is 0 Å². The van der Waals surface area contributed by atoms with Crippen LogP contribution in [0.15, 0.2) is 18.2 Å². The van der Waals surface area contributed by atoms with E-state index in [1.54, 1.807) is 0 Å². The summed E-state index contributed by atoms with van der Waals surface area (Å²) in [6.45, 7) is 9.98. The summed E-state index contributed by atoms with van der Waals surface area (Å²) >= 11 is 0. The van der Waals surface area contributed by atoms with Crippen LogP contribution in [0.25, 0.3) is 0 Å². The standard InChI is InChI=1S/C16H27N3/c1-4-16(5-2)10-12-19(13-11-16)15-9-7-8-14(18-15)17-6-3/h7-9H,4-6,10-13H2,1-3H3,(H,17,18). The van der Waals surface area contributed by atoms with Crippen molar-refractivity contribution in [3.63, 3.8) is 0 Å². The Kier molecular flexibility index (Phi) is 4.67. The van der Waals surface area contributed by atoms with E-state index in [0.717, 1.165) is 31.3 Å². The zero-order chi connectivity index (χ0) is 13.7. The van der Waals surface area contributed by atoms with Crippen molar-refractivity contribution in [2.75, 3.05) is 29.9 Å². The van der Waals surface area contributed by atoms with Gasteiger partial charge in [0.2, 0.25) is 0 Å². The summed E-state index contributed by atoms with van der Waals surface area (Å²) in [7, 11) is 0. The van der Waals surface area contributed by atoms with Gasteiger partial charge in [-0.05, 0) is 37.3 Å². The summed E-state index contributed by atoms with van der Waals surface area (Å²) in [5, 5.41) is 3.29. The number of hydrogen-bond acceptors (Lipinski definition) is 3. The Hall–Kier alpha value is -1.25. The second-order valence-corrected chi connectivity index (χ2v) is 5.61. The fourth-order valence-corrected chi connectivity index (χ4v) is 3.05. The average molecular weight is 261 g/mol. The molecular weight excluding hydrogens is 234 g/mol. The van der Waals surface area contributed by atoms with Gasteiger partial charge in [0.25, 0.3) is 0 Å². The fraction of sp³-hybridized carbons (Fsp3) is 0.688. The van der Waals surface area contributed by atoms with E-state index < -0.39 is 0 Å². The Balaban J connectivity index is 2.03. The summed E-state index contributed by atoms with van der Waals surface area (Å²) in [4.78, 5) is 7.14. The zero-order valence-electron chi connectivity index (χ0n) is 12.6. The topological polar surface area (TPSA) is 28.2 Å². The maximum Gasteiger partial charge on any atom is 0.130 e. The van der Waals surface area contributed by atoms with Gasteiger partial charge in [-0.25, -0.2) is 4.98 Å². The number of aromatic nitrogens is 1. The van der Waals surface area contributed by atoms with E-state index >= 15 is 0 Å². The predicted octanol–water partition coefficient (Wildman–Crippen LogP) is 3.92. The normalized spacial score (nSPS) is 18.4. The van der Waals surface area contributed by atoms with Crippen LogP contribution in [-0.2, 0) is 0 Å². The predicted molar refractivity (Wildman–Crippen MR) is 82.9 cm³/mol. The van der Waals surface area contributed by atoms with E-state index in [0.29, 0.717) is 5.41 Å². The number of hydrogen-bond donors (Lipinski definition) is 1. The van der Waals surface area contributed by atoms with Crippen LogP contribution in [0, 0.1) is 5.41 Å². The average Bonchev–Trinajstić information content (AvgIpc) is 2.48. The van der Waals surface area contributed by atoms with Crippen molar-refractivity contribution >= 4 is 11.6 Å². The molecule has 0 unspecified atom stereocenters. The van der Waals surface area contributed by atoms with Crippen LogP contribution in [0.5, 0.6) is 0 Å². The molecule has 3 nitrogen and oxygen atoms in total. The monoisotopic (exact) mass is 261 g/mol. The van der Waals surface area contributed by atoms with Gasteiger partial charge in [-0.3, -0.25) is 0 Å². The molecule has 106 valence electrons. The SMILES string of the molecule is CCNc1cccc(N2CCC(CC)(CC)CC2)n1. The van der Waals surface area contributed by atoms with Crippen LogP contribution in [0.1, 0.15) is 46.5 Å². The molecule has 0 saturated carbocycles. The van der Waals surface area contributed by atoms with Crippen LogP contribution in [0.4, 0.5) is 11.6 Å². The lowest BCUT2D eigenvalue weighted by Gasteiger charge is -2.41. The molecule has 19 heavy (non-hydrogen) atoms. The molecule has 1 aliphatic heterocycles. The van der Waals surface area contributed by atoms with Crippen molar-refractivity contribution in [2.45, 2.75) is 46.5 Å². The van der Waals surface area contributed by atoms with Crippen molar-refractivity contribution in [2.24, 2.45) is 5.41 Å². The van der Waals surface area contributed by atoms with E-state index in [1.807, 2.05) is 6.07 Å². The van der Waals surface area contributed by atoms with Crippen LogP contribution in [-0.4, -0.2) is 24.6 Å². The number of piperidine rings is 1. The quantitative estimate of drug-likeness (QED) is 0.870. The summed E-state index contributed by atoms with van der Waals surface area (Å²) in [6, 6.07) is 6.27. The molecule has 0 amide bonds. The third-order valence-electron chi connectivity index (χ3n) is 4.74. The molecule has 1 N–H and O–H groups in total. The number of nitrogens with zero attached hydrogens (tertiary/aromatic N) is 2. The number of rotatable bonds is 5. The Labute approximate surface area is 117 Å². The minimum atomic E-state index is 0.579. The van der Waals surface area contributed by atoms with Crippen LogP contribution in [0.3, 0.4) is 0 Å². The molecule has 0 bridgehead atoms. The molecule has 1 fully saturated rings. The van der Waals surface area contributed by atoms with Crippen LogP contribution < -0.4 is 10.2 Å². The Morgan fingerprint density at radius 1 is 1.16 bits per heavy atom. The van der Waals surface area contributed by atoms with Crippen molar-refractivity contribution in [3.8, 4) is 0 Å². The molecule has 0 aliphatic carbocycles. The van der Waals surface area contributed by atoms with Gasteiger partial charge in [0.1, 0.15) is 11.6 Å². The van der Waals surface area contributed by atoms with Gasteiger partial charge in [0.05, 0.1) is 0 Å². The lowest BCUT2D eigenvalue weighted by molar-refractivity contribution is 0.199. The number of nitrogens with one attached hydrogen (secondary N) is 1. The number of pyridine rings is 1. The smallest absolute Gasteiger partial charge is 0.130 e. The van der Waals surface area contributed by atoms with E-state index in [1.165, 1.54) is 25.7 Å². The first-order chi connectivity index (χ1) is 9.23. The third kappa shape index (κ3) is 3.20. The molecule has 0 radical (unpaired) electrons. The fourth-order valence-electron chi connectivity index (χ4n) is 3.05. The van der Waals surface area contributed by atoms with Gasteiger partial charge in [0.15, 0.2) is 0 Å². The highest BCUT2D eigenvalue weighted by Gasteiger charge is 2.31. The molecule has 1 aliphatic rings. The van der Waals surface area contributed by atoms with E-state index in [4.69, 9.17) is 4.98 Å². The number of anilines is 2. The molecule has 1 aromatic heterocycles. The van der Waals surface area contributed by atoms with Crippen LogP contribution >= 0.6 is 0 Å². The summed E-state index contributed by atoms with van der Waals surface area (Å²) in [6.07, 6.45) is 5.21. The molecule has 1 aromatic rings. The van der Waals surface area contributed by atoms with Gasteiger partial charge in [-0.2, -0.15) is 0 Å². The summed E-state index contributed by atoms with van der Waals surface area (Å²) in [5.41, 5.74) is 0.579. The lowest BCUT2D eigenvalue weighted by atomic mass is 9.74. The third-order valence-corrected chi connectivity index (χ3v) is 4.74. The minimum absolute atomic E-state index is 0.579. The van der Waals surface area contributed by atoms with Gasteiger partial charge in [-0.1, -0.05) is 32.8 Å². The molecule has 2 rings (SSSR count). The van der Waals surface area contributed by atoms with Crippen molar-refractivity contribution in [3.05, 3.63) is 18.2 Å². The molecule has 0 spiro atoms. The summed E-state index contributed by atoms with van der Waals surface area (Å²) in [5.74, 6) is 2.11. The Morgan fingerprint density at radius 2 is 1.84 bits per heavy atom. The summed E-state index contributed by atoms with van der Waals surface area (Å²) < 4.78 is 0. The molecule has 0 aromatic carbocycles. The highest BCUT2D eigenvalue weighted by atomic mass is 15.2. The maximum absolute atomic E-state index is 4.70. The second-order valence-electron chi connectivity index (χ2n) is 5.61. The Bertz CT molecular complexity index is 389. The van der Waals surface area contributed by atoms with E-state index in [-0.39, 0.29) is 0 Å². The van der Waals surface area contributed by atoms with Crippen LogP contribution in [0.2, 0.25) is 0 Å². The Morgan fingerprint density at radius 3 is 2.42 bits per heavy atom. The first-order valence-electron chi connectivity index (χ1n) is 7.69. The molecular formula is C16H27N3. The van der Waals surface area contributed by atoms with Crippen molar-refractivity contribution in [1.29, 1.82) is 0 Å². The van der Waals surface area contributed by atoms with Gasteiger partial charge >= 0.3 is 0 Å². The maximum atomic E-state index is 4.70. The van der Waals surface area contributed by atoms with Gasteiger partial charge in [0, 0.05) is 19.6 Å². The highest BCUT2D eigenvalue weighted by Crippen LogP contribution is 2.38. The van der Waals surface area contributed by atoms with E-state index in [9.17, 15) is 0 Å². The molecule has 1 saturated heterocycles. The second kappa shape index (κ2) is 6.27. The van der Waals surface area contributed by atoms with E-state index in [2.05, 4.69) is 43.1 Å². The highest BCUT2D eigenvalue weighted by molar-refractivity contribution is 5.47. The minimum Gasteiger partial charge on any atom is -0.370 e. The van der Waals surface area contributed by atoms with Gasteiger partial charge < -0.3 is 10.2 Å². The first-order valence-corrected chi connectivity index (χ1v) is 7.69. The molecule has 0 atom stereocenters. The largest absolute Gasteiger partial charge is 0.370 e. The zero-order valence-corrected chi connectivity index (χ0v) is 12.6.